The maximum atomic E-state index is 12.2. The summed E-state index contributed by atoms with van der Waals surface area (Å²) in [6.07, 6.45) is 0. The quantitative estimate of drug-likeness (QED) is 0.808. The summed E-state index contributed by atoms with van der Waals surface area (Å²) in [5.74, 6) is 0. The van der Waals surface area contributed by atoms with Gasteiger partial charge in [-0.15, -0.1) is 11.3 Å². The van der Waals surface area contributed by atoms with Gasteiger partial charge in [0.05, 0.1) is 31.2 Å². The topological polar surface area (TPSA) is 70.0 Å². The predicted molar refractivity (Wildman–Crippen MR) is 84.0 cm³/mol. The Labute approximate surface area is 138 Å². The Morgan fingerprint density at radius 1 is 1.25 bits per heavy atom. The minimum atomic E-state index is -3.77. The standard InChI is InChI=1S/C11H5BrCl2N2O2S2/c12-11-8(14)4-10(19-11)20(17,18)16-9-2-1-6(5-15)3-7(9)13/h1-4,16H. The van der Waals surface area contributed by atoms with Crippen LogP contribution in [0.4, 0.5) is 5.69 Å². The molecule has 0 bridgehead atoms. The summed E-state index contributed by atoms with van der Waals surface area (Å²) >= 11 is 15.9. The molecule has 2 rings (SSSR count). The molecule has 0 radical (unpaired) electrons. The minimum absolute atomic E-state index is 0.0646. The maximum absolute atomic E-state index is 12.2. The van der Waals surface area contributed by atoms with Crippen LogP contribution < -0.4 is 4.72 Å². The first-order valence-electron chi connectivity index (χ1n) is 5.01. The van der Waals surface area contributed by atoms with Crippen LogP contribution in [-0.4, -0.2) is 8.42 Å². The first-order valence-corrected chi connectivity index (χ1v) is 8.85. The van der Waals surface area contributed by atoms with Crippen molar-refractivity contribution in [2.75, 3.05) is 4.72 Å². The molecule has 1 heterocycles. The normalized spacial score (nSPS) is 11.1. The van der Waals surface area contributed by atoms with E-state index in [2.05, 4.69) is 20.7 Å². The van der Waals surface area contributed by atoms with Crippen molar-refractivity contribution in [2.45, 2.75) is 4.21 Å². The number of benzene rings is 1. The van der Waals surface area contributed by atoms with Crippen LogP contribution in [0.3, 0.4) is 0 Å². The molecule has 1 aromatic carbocycles. The average molecular weight is 412 g/mol. The number of thiophene rings is 1. The molecule has 9 heteroatoms. The third kappa shape index (κ3) is 3.27. The number of nitrogens with one attached hydrogen (secondary N) is 1. The second-order valence-corrected chi connectivity index (χ2v) is 8.69. The number of anilines is 1. The third-order valence-corrected chi connectivity index (χ3v) is 6.86. The molecule has 0 aliphatic rings. The second kappa shape index (κ2) is 5.92. The first kappa shape index (κ1) is 15.6. The molecule has 20 heavy (non-hydrogen) atoms. The molecule has 0 spiro atoms. The molecule has 0 aliphatic heterocycles. The fourth-order valence-electron chi connectivity index (χ4n) is 1.32. The van der Waals surface area contributed by atoms with Crippen molar-refractivity contribution in [3.8, 4) is 6.07 Å². The summed E-state index contributed by atoms with van der Waals surface area (Å²) in [6, 6.07) is 7.55. The highest BCUT2D eigenvalue weighted by Gasteiger charge is 2.20. The number of halogens is 3. The van der Waals surface area contributed by atoms with Crippen LogP contribution >= 0.6 is 50.5 Å². The van der Waals surface area contributed by atoms with E-state index in [1.807, 2.05) is 6.07 Å². The first-order chi connectivity index (χ1) is 9.33. The smallest absolute Gasteiger partial charge is 0.271 e. The maximum Gasteiger partial charge on any atom is 0.271 e. The van der Waals surface area contributed by atoms with Crippen molar-refractivity contribution in [1.29, 1.82) is 5.26 Å². The summed E-state index contributed by atoms with van der Waals surface area (Å²) in [5.41, 5.74) is 0.547. The van der Waals surface area contributed by atoms with E-state index in [9.17, 15) is 8.42 Å². The molecule has 0 atom stereocenters. The van der Waals surface area contributed by atoms with E-state index in [1.54, 1.807) is 0 Å². The molecule has 104 valence electrons. The van der Waals surface area contributed by atoms with Crippen LogP contribution in [-0.2, 0) is 10.0 Å². The largest absolute Gasteiger partial charge is 0.277 e. The van der Waals surface area contributed by atoms with E-state index in [4.69, 9.17) is 28.5 Å². The van der Waals surface area contributed by atoms with Gasteiger partial charge < -0.3 is 0 Å². The Bertz CT molecular complexity index is 793. The predicted octanol–water partition coefficient (Wildman–Crippen LogP) is 4.49. The highest BCUT2D eigenvalue weighted by atomic mass is 79.9. The lowest BCUT2D eigenvalue weighted by Gasteiger charge is -2.08. The van der Waals surface area contributed by atoms with Gasteiger partial charge in [0, 0.05) is 0 Å². The van der Waals surface area contributed by atoms with E-state index in [1.165, 1.54) is 24.3 Å². The number of hydrogen-bond donors (Lipinski definition) is 1. The summed E-state index contributed by atoms with van der Waals surface area (Å²) in [7, 11) is -3.77. The van der Waals surface area contributed by atoms with Crippen molar-refractivity contribution < 1.29 is 8.42 Å². The monoisotopic (exact) mass is 410 g/mol. The van der Waals surface area contributed by atoms with Crippen molar-refractivity contribution >= 4 is 66.2 Å². The number of nitriles is 1. The number of nitrogens with zero attached hydrogens (tertiary/aromatic N) is 1. The van der Waals surface area contributed by atoms with Crippen LogP contribution in [0.25, 0.3) is 0 Å². The summed E-state index contributed by atoms with van der Waals surface area (Å²) < 4.78 is 27.3. The molecule has 1 N–H and O–H groups in total. The average Bonchev–Trinajstić information content (AvgIpc) is 2.73. The van der Waals surface area contributed by atoms with Gasteiger partial charge in [-0.1, -0.05) is 23.2 Å². The van der Waals surface area contributed by atoms with Gasteiger partial charge in [0.25, 0.3) is 10.0 Å². The zero-order valence-electron chi connectivity index (χ0n) is 9.52. The lowest BCUT2D eigenvalue weighted by Crippen LogP contribution is -2.11. The molecular weight excluding hydrogens is 407 g/mol. The van der Waals surface area contributed by atoms with Crippen molar-refractivity contribution in [2.24, 2.45) is 0 Å². The lowest BCUT2D eigenvalue weighted by atomic mass is 10.2. The van der Waals surface area contributed by atoms with Crippen LogP contribution in [0, 0.1) is 11.3 Å². The summed E-state index contributed by atoms with van der Waals surface area (Å²) in [5, 5.41) is 9.20. The molecule has 0 amide bonds. The molecule has 1 aromatic heterocycles. The number of sulfonamides is 1. The molecule has 0 saturated heterocycles. The summed E-state index contributed by atoms with van der Waals surface area (Å²) in [4.78, 5) is 0. The van der Waals surface area contributed by atoms with Crippen LogP contribution in [0.15, 0.2) is 32.3 Å². The van der Waals surface area contributed by atoms with Crippen LogP contribution in [0.5, 0.6) is 0 Å². The zero-order valence-corrected chi connectivity index (χ0v) is 14.3. The van der Waals surface area contributed by atoms with Gasteiger partial charge in [-0.25, -0.2) is 8.42 Å². The molecule has 0 aliphatic carbocycles. The Balaban J connectivity index is 2.36. The molecule has 0 saturated carbocycles. The van der Waals surface area contributed by atoms with E-state index in [-0.39, 0.29) is 14.9 Å². The van der Waals surface area contributed by atoms with Crippen LogP contribution in [0.2, 0.25) is 10.0 Å². The minimum Gasteiger partial charge on any atom is -0.277 e. The fourth-order valence-corrected chi connectivity index (χ4v) is 5.08. The zero-order chi connectivity index (χ0) is 14.9. The molecule has 2 aromatic rings. The van der Waals surface area contributed by atoms with E-state index >= 15 is 0 Å². The van der Waals surface area contributed by atoms with Gasteiger partial charge in [-0.3, -0.25) is 4.72 Å². The van der Waals surface area contributed by atoms with Gasteiger partial charge in [-0.2, -0.15) is 5.26 Å². The van der Waals surface area contributed by atoms with Gasteiger partial charge >= 0.3 is 0 Å². The van der Waals surface area contributed by atoms with Crippen molar-refractivity contribution in [3.63, 3.8) is 0 Å². The van der Waals surface area contributed by atoms with Crippen molar-refractivity contribution in [3.05, 3.63) is 43.7 Å². The van der Waals surface area contributed by atoms with Crippen LogP contribution in [0.1, 0.15) is 5.56 Å². The summed E-state index contributed by atoms with van der Waals surface area (Å²) in [6.45, 7) is 0. The Hall–Kier alpha value is -0.780. The van der Waals surface area contributed by atoms with E-state index in [0.29, 0.717) is 14.4 Å². The van der Waals surface area contributed by atoms with E-state index < -0.39 is 10.0 Å². The van der Waals surface area contributed by atoms with Gasteiger partial charge in [0.1, 0.15) is 4.21 Å². The molecule has 4 nitrogen and oxygen atoms in total. The highest BCUT2D eigenvalue weighted by molar-refractivity contribution is 9.11. The number of hydrogen-bond acceptors (Lipinski definition) is 4. The second-order valence-electron chi connectivity index (χ2n) is 3.60. The van der Waals surface area contributed by atoms with Gasteiger partial charge in [-0.05, 0) is 40.2 Å². The van der Waals surface area contributed by atoms with Crippen molar-refractivity contribution in [1.82, 2.24) is 0 Å². The third-order valence-electron chi connectivity index (χ3n) is 2.23. The Morgan fingerprint density at radius 2 is 1.95 bits per heavy atom. The molecule has 0 unspecified atom stereocenters. The Kier molecular flexibility index (Phi) is 4.62. The van der Waals surface area contributed by atoms with Gasteiger partial charge in [0.15, 0.2) is 0 Å². The Morgan fingerprint density at radius 3 is 2.45 bits per heavy atom. The molecular formula is C11H5BrCl2N2O2S2. The lowest BCUT2D eigenvalue weighted by molar-refractivity contribution is 0.603. The fraction of sp³-hybridized carbons (Fsp3) is 0. The molecule has 0 fully saturated rings. The SMILES string of the molecule is N#Cc1ccc(NS(=O)(=O)c2cc(Cl)c(Br)s2)c(Cl)c1. The highest BCUT2D eigenvalue weighted by Crippen LogP contribution is 2.36. The number of rotatable bonds is 3. The van der Waals surface area contributed by atoms with Gasteiger partial charge in [0.2, 0.25) is 0 Å². The van der Waals surface area contributed by atoms with E-state index in [0.717, 1.165) is 11.3 Å².